The van der Waals surface area contributed by atoms with Gasteiger partial charge in [-0.2, -0.15) is 10.5 Å². The van der Waals surface area contributed by atoms with Crippen LogP contribution in [0.5, 0.6) is 11.8 Å². The van der Waals surface area contributed by atoms with Gasteiger partial charge in [0.2, 0.25) is 0 Å². The van der Waals surface area contributed by atoms with Crippen molar-refractivity contribution in [2.24, 2.45) is 0 Å². The maximum absolute atomic E-state index is 8.64. The second kappa shape index (κ2) is 6.87. The highest BCUT2D eigenvalue weighted by Gasteiger charge is 2.03. The smallest absolute Gasteiger partial charge is 0.322 e. The first-order valence-corrected chi connectivity index (χ1v) is 6.48. The van der Waals surface area contributed by atoms with Crippen molar-refractivity contribution in [2.45, 2.75) is 13.8 Å². The van der Waals surface area contributed by atoms with Crippen molar-refractivity contribution >= 4 is 5.69 Å². The average Bonchev–Trinajstić information content (AvgIpc) is 2.49. The van der Waals surface area contributed by atoms with E-state index in [2.05, 4.69) is 15.3 Å². The standard InChI is InChI=1S/C16H13N5O/c1-11-7-12(2)21-16(20-11)22-15-5-3-14(4-6-15)19-10-13(8-17)9-18/h3-7,10,19H,1-2H3. The van der Waals surface area contributed by atoms with Crippen molar-refractivity contribution < 1.29 is 4.74 Å². The van der Waals surface area contributed by atoms with Gasteiger partial charge in [0.25, 0.3) is 0 Å². The quantitative estimate of drug-likeness (QED) is 0.869. The van der Waals surface area contributed by atoms with Gasteiger partial charge in [-0.1, -0.05) is 0 Å². The summed E-state index contributed by atoms with van der Waals surface area (Å²) in [5.41, 5.74) is 2.42. The van der Waals surface area contributed by atoms with Gasteiger partial charge in [-0.3, -0.25) is 0 Å². The summed E-state index contributed by atoms with van der Waals surface area (Å²) < 4.78 is 5.59. The number of allylic oxidation sites excluding steroid dienone is 1. The van der Waals surface area contributed by atoms with Crippen LogP contribution in [0.1, 0.15) is 11.4 Å². The molecule has 0 aliphatic carbocycles. The molecule has 0 aliphatic rings. The Morgan fingerprint density at radius 1 is 1.09 bits per heavy atom. The van der Waals surface area contributed by atoms with Crippen LogP contribution in [0.15, 0.2) is 42.1 Å². The molecule has 0 fully saturated rings. The molecule has 0 saturated heterocycles. The largest absolute Gasteiger partial charge is 0.424 e. The Kier molecular flexibility index (Phi) is 4.69. The first-order valence-electron chi connectivity index (χ1n) is 6.48. The molecule has 6 heteroatoms. The predicted molar refractivity (Wildman–Crippen MR) is 81.0 cm³/mol. The van der Waals surface area contributed by atoms with Crippen molar-refractivity contribution in [1.82, 2.24) is 9.97 Å². The summed E-state index contributed by atoms with van der Waals surface area (Å²) in [6.45, 7) is 3.76. The van der Waals surface area contributed by atoms with Crippen LogP contribution in [-0.4, -0.2) is 9.97 Å². The third-order valence-electron chi connectivity index (χ3n) is 2.65. The molecule has 2 rings (SSSR count). The molecule has 0 amide bonds. The number of nitriles is 2. The topological polar surface area (TPSA) is 94.6 Å². The zero-order valence-corrected chi connectivity index (χ0v) is 12.2. The van der Waals surface area contributed by atoms with Gasteiger partial charge < -0.3 is 10.1 Å². The fourth-order valence-electron chi connectivity index (χ4n) is 1.71. The summed E-state index contributed by atoms with van der Waals surface area (Å²) in [5, 5.41) is 20.1. The maximum atomic E-state index is 8.64. The highest BCUT2D eigenvalue weighted by atomic mass is 16.5. The highest BCUT2D eigenvalue weighted by molar-refractivity contribution is 5.51. The molecule has 1 aromatic carbocycles. The minimum absolute atomic E-state index is 0.00367. The predicted octanol–water partition coefficient (Wildman–Crippen LogP) is 3.23. The number of anilines is 1. The molecule has 0 bridgehead atoms. The van der Waals surface area contributed by atoms with Crippen molar-refractivity contribution in [3.63, 3.8) is 0 Å². The Morgan fingerprint density at radius 3 is 2.23 bits per heavy atom. The second-order valence-corrected chi connectivity index (χ2v) is 4.49. The number of aryl methyl sites for hydroxylation is 2. The number of rotatable bonds is 4. The average molecular weight is 291 g/mol. The first kappa shape index (κ1) is 15.0. The number of ether oxygens (including phenoxy) is 1. The SMILES string of the molecule is Cc1cc(C)nc(Oc2ccc(NC=C(C#N)C#N)cc2)n1. The van der Waals surface area contributed by atoms with Gasteiger partial charge in [0.05, 0.1) is 0 Å². The minimum atomic E-state index is 0.00367. The molecule has 6 nitrogen and oxygen atoms in total. The summed E-state index contributed by atoms with van der Waals surface area (Å²) in [7, 11) is 0. The monoisotopic (exact) mass is 291 g/mol. The Bertz CT molecular complexity index is 745. The molecule has 0 unspecified atom stereocenters. The maximum Gasteiger partial charge on any atom is 0.322 e. The number of nitrogens with zero attached hydrogens (tertiary/aromatic N) is 4. The van der Waals surface area contributed by atoms with E-state index < -0.39 is 0 Å². The number of hydrogen-bond acceptors (Lipinski definition) is 6. The molecule has 2 aromatic rings. The number of hydrogen-bond donors (Lipinski definition) is 1. The van der Waals surface area contributed by atoms with Gasteiger partial charge in [-0.15, -0.1) is 0 Å². The Hall–Kier alpha value is -3.38. The van der Waals surface area contributed by atoms with Crippen LogP contribution in [0.4, 0.5) is 5.69 Å². The van der Waals surface area contributed by atoms with Gasteiger partial charge >= 0.3 is 6.01 Å². The van der Waals surface area contributed by atoms with Crippen LogP contribution in [-0.2, 0) is 0 Å². The Morgan fingerprint density at radius 2 is 1.68 bits per heavy atom. The number of nitrogens with one attached hydrogen (secondary N) is 1. The fraction of sp³-hybridized carbons (Fsp3) is 0.125. The van der Waals surface area contributed by atoms with E-state index in [1.54, 1.807) is 36.4 Å². The molecule has 0 saturated carbocycles. The van der Waals surface area contributed by atoms with Gasteiger partial charge in [-0.25, -0.2) is 9.97 Å². The van der Waals surface area contributed by atoms with Crippen LogP contribution < -0.4 is 10.1 Å². The molecule has 108 valence electrons. The molecule has 0 spiro atoms. The van der Waals surface area contributed by atoms with E-state index in [1.165, 1.54) is 6.20 Å². The van der Waals surface area contributed by atoms with Crippen molar-refractivity contribution in [1.29, 1.82) is 10.5 Å². The van der Waals surface area contributed by atoms with E-state index in [0.717, 1.165) is 17.1 Å². The lowest BCUT2D eigenvalue weighted by atomic mass is 10.3. The molecule has 0 atom stereocenters. The molecule has 22 heavy (non-hydrogen) atoms. The molecular weight excluding hydrogens is 278 g/mol. The van der Waals surface area contributed by atoms with Crippen molar-refractivity contribution in [3.05, 3.63) is 53.5 Å². The lowest BCUT2D eigenvalue weighted by molar-refractivity contribution is 0.439. The molecule has 1 N–H and O–H groups in total. The van der Waals surface area contributed by atoms with E-state index in [1.807, 2.05) is 19.9 Å². The second-order valence-electron chi connectivity index (χ2n) is 4.49. The molecule has 1 aromatic heterocycles. The van der Waals surface area contributed by atoms with E-state index >= 15 is 0 Å². The van der Waals surface area contributed by atoms with Gasteiger partial charge in [0.15, 0.2) is 0 Å². The van der Waals surface area contributed by atoms with E-state index in [0.29, 0.717) is 11.8 Å². The van der Waals surface area contributed by atoms with Crippen LogP contribution in [0.2, 0.25) is 0 Å². The molecule has 0 radical (unpaired) electrons. The number of aromatic nitrogens is 2. The minimum Gasteiger partial charge on any atom is -0.424 e. The lowest BCUT2D eigenvalue weighted by Gasteiger charge is -2.06. The van der Waals surface area contributed by atoms with E-state index in [4.69, 9.17) is 15.3 Å². The van der Waals surface area contributed by atoms with Gasteiger partial charge in [-0.05, 0) is 44.2 Å². The van der Waals surface area contributed by atoms with Gasteiger partial charge in [0.1, 0.15) is 23.5 Å². The normalized spacial score (nSPS) is 9.27. The summed E-state index contributed by atoms with van der Waals surface area (Å²) in [6, 6.07) is 12.7. The van der Waals surface area contributed by atoms with Crippen LogP contribution >= 0.6 is 0 Å². The molecule has 1 heterocycles. The zero-order valence-electron chi connectivity index (χ0n) is 12.2. The summed E-state index contributed by atoms with van der Waals surface area (Å²) in [6.07, 6.45) is 1.35. The lowest BCUT2D eigenvalue weighted by Crippen LogP contribution is -1.96. The Labute approximate surface area is 128 Å². The summed E-state index contributed by atoms with van der Waals surface area (Å²) >= 11 is 0. The van der Waals surface area contributed by atoms with Crippen molar-refractivity contribution in [2.75, 3.05) is 5.32 Å². The Balaban J connectivity index is 2.08. The van der Waals surface area contributed by atoms with E-state index in [9.17, 15) is 0 Å². The fourth-order valence-corrected chi connectivity index (χ4v) is 1.71. The van der Waals surface area contributed by atoms with Crippen LogP contribution in [0.25, 0.3) is 0 Å². The molecular formula is C16H13N5O. The van der Waals surface area contributed by atoms with Crippen LogP contribution in [0, 0.1) is 36.5 Å². The summed E-state index contributed by atoms with van der Waals surface area (Å²) in [4.78, 5) is 8.41. The van der Waals surface area contributed by atoms with E-state index in [-0.39, 0.29) is 5.57 Å². The molecule has 0 aliphatic heterocycles. The third kappa shape index (κ3) is 4.06. The zero-order chi connectivity index (χ0) is 15.9. The third-order valence-corrected chi connectivity index (χ3v) is 2.65. The van der Waals surface area contributed by atoms with Crippen LogP contribution in [0.3, 0.4) is 0 Å². The summed E-state index contributed by atoms with van der Waals surface area (Å²) in [5.74, 6) is 0.598. The number of benzene rings is 1. The highest BCUT2D eigenvalue weighted by Crippen LogP contribution is 2.21. The first-order chi connectivity index (χ1) is 10.6. The van der Waals surface area contributed by atoms with Crippen molar-refractivity contribution in [3.8, 4) is 23.9 Å². The van der Waals surface area contributed by atoms with Gasteiger partial charge in [0, 0.05) is 23.3 Å².